The minimum Gasteiger partial charge on any atom is -0.504 e. The number of rotatable bonds is 8. The van der Waals surface area contributed by atoms with Gasteiger partial charge in [-0.1, -0.05) is 18.2 Å². The third-order valence-corrected chi connectivity index (χ3v) is 3.56. The van der Waals surface area contributed by atoms with E-state index in [1.54, 1.807) is 12.3 Å². The van der Waals surface area contributed by atoms with Crippen molar-refractivity contribution in [3.8, 4) is 11.5 Å². The van der Waals surface area contributed by atoms with Crippen molar-refractivity contribution in [2.45, 2.75) is 38.6 Å². The van der Waals surface area contributed by atoms with Gasteiger partial charge in [0, 0.05) is 12.0 Å². The van der Waals surface area contributed by atoms with E-state index in [-0.39, 0.29) is 11.8 Å². The van der Waals surface area contributed by atoms with E-state index in [0.717, 1.165) is 16.9 Å². The summed E-state index contributed by atoms with van der Waals surface area (Å²) in [6.45, 7) is 1.93. The second-order valence-corrected chi connectivity index (χ2v) is 4.84. The molecule has 0 radical (unpaired) electrons. The van der Waals surface area contributed by atoms with Gasteiger partial charge in [-0.25, -0.2) is 0 Å². The van der Waals surface area contributed by atoms with Crippen LogP contribution in [-0.4, -0.2) is 18.3 Å². The molecule has 1 unspecified atom stereocenters. The maximum Gasteiger partial charge on any atom is 0.161 e. The smallest absolute Gasteiger partial charge is 0.161 e. The van der Waals surface area contributed by atoms with Crippen LogP contribution in [0.5, 0.6) is 11.5 Å². The van der Waals surface area contributed by atoms with Gasteiger partial charge in [0.05, 0.1) is 13.2 Å². The Morgan fingerprint density at radius 1 is 1.45 bits per heavy atom. The molecule has 0 bridgehead atoms. The lowest BCUT2D eigenvalue weighted by Crippen LogP contribution is -2.05. The van der Waals surface area contributed by atoms with Gasteiger partial charge in [-0.05, 0) is 30.9 Å². The minimum atomic E-state index is -0.218. The normalized spacial score (nSPS) is 14.2. The Morgan fingerprint density at radius 2 is 2.20 bits per heavy atom. The summed E-state index contributed by atoms with van der Waals surface area (Å²) in [5, 5.41) is 13.4. The van der Waals surface area contributed by atoms with E-state index in [1.807, 2.05) is 13.0 Å². The first-order chi connectivity index (χ1) is 9.69. The Bertz CT molecular complexity index is 525. The standard InChI is InChI=1S/C15H19NO4/c1-3-11(16-18)5-6-13-10(8-12-9-20-12)4-7-14(19-2)15(13)17/h4,7,9,11,17H,3,5-6,8H2,1-2H3. The number of phenols is 1. The number of hydrogen-bond donors (Lipinski definition) is 1. The van der Waals surface area contributed by atoms with Crippen LogP contribution in [0.3, 0.4) is 0 Å². The van der Waals surface area contributed by atoms with Crippen LogP contribution in [0.1, 0.15) is 30.9 Å². The van der Waals surface area contributed by atoms with Crippen LogP contribution >= 0.6 is 0 Å². The van der Waals surface area contributed by atoms with E-state index in [4.69, 9.17) is 9.47 Å². The van der Waals surface area contributed by atoms with Crippen molar-refractivity contribution in [1.29, 1.82) is 0 Å². The molecular formula is C15H19NO4. The number of aromatic hydroxyl groups is 1. The van der Waals surface area contributed by atoms with Crippen molar-refractivity contribution in [3.63, 3.8) is 0 Å². The van der Waals surface area contributed by atoms with Crippen LogP contribution in [0.4, 0.5) is 0 Å². The quantitative estimate of drug-likeness (QED) is 0.740. The number of ether oxygens (including phenoxy) is 2. The molecule has 0 fully saturated rings. The predicted molar refractivity (Wildman–Crippen MR) is 75.7 cm³/mol. The summed E-state index contributed by atoms with van der Waals surface area (Å²) >= 11 is 0. The SMILES string of the molecule is CCC(CCc1c(CC2=CO2)ccc(OC)c1O)N=O. The van der Waals surface area contributed by atoms with E-state index < -0.39 is 0 Å². The molecule has 1 heterocycles. The van der Waals surface area contributed by atoms with Crippen molar-refractivity contribution in [3.05, 3.63) is 40.2 Å². The Labute approximate surface area is 118 Å². The number of hydrogen-bond acceptors (Lipinski definition) is 5. The van der Waals surface area contributed by atoms with Gasteiger partial charge < -0.3 is 14.6 Å². The lowest BCUT2D eigenvalue weighted by molar-refractivity contribution is 0.369. The van der Waals surface area contributed by atoms with Crippen molar-refractivity contribution >= 4 is 0 Å². The largest absolute Gasteiger partial charge is 0.504 e. The highest BCUT2D eigenvalue weighted by atomic mass is 16.5. The molecule has 1 N–H and O–H groups in total. The van der Waals surface area contributed by atoms with Crippen LogP contribution in [0.2, 0.25) is 0 Å². The van der Waals surface area contributed by atoms with Gasteiger partial charge in [0.1, 0.15) is 12.0 Å². The first-order valence-corrected chi connectivity index (χ1v) is 6.75. The second-order valence-electron chi connectivity index (χ2n) is 4.84. The monoisotopic (exact) mass is 277 g/mol. The molecule has 0 amide bonds. The van der Waals surface area contributed by atoms with E-state index >= 15 is 0 Å². The number of phenolic OH excluding ortho intramolecular Hbond substituents is 1. The van der Waals surface area contributed by atoms with Crippen LogP contribution in [0.15, 0.2) is 29.3 Å². The minimum absolute atomic E-state index is 0.145. The Balaban J connectivity index is 2.21. The molecular weight excluding hydrogens is 258 g/mol. The molecule has 2 rings (SSSR count). The molecule has 0 aromatic heterocycles. The number of benzene rings is 1. The highest BCUT2D eigenvalue weighted by molar-refractivity contribution is 5.51. The van der Waals surface area contributed by atoms with Crippen molar-refractivity contribution in [1.82, 2.24) is 0 Å². The summed E-state index contributed by atoms with van der Waals surface area (Å²) in [6, 6.07) is 3.45. The number of nitrogens with zero attached hydrogens (tertiary/aromatic N) is 1. The first-order valence-electron chi connectivity index (χ1n) is 6.75. The maximum absolute atomic E-state index is 10.7. The summed E-state index contributed by atoms with van der Waals surface area (Å²) in [5.41, 5.74) is 1.80. The van der Waals surface area contributed by atoms with Crippen molar-refractivity contribution in [2.75, 3.05) is 7.11 Å². The summed E-state index contributed by atoms with van der Waals surface area (Å²) in [5.74, 6) is 1.49. The summed E-state index contributed by atoms with van der Waals surface area (Å²) in [4.78, 5) is 10.7. The van der Waals surface area contributed by atoms with E-state index in [1.165, 1.54) is 7.11 Å². The number of allylic oxidation sites excluding steroid dienone is 1. The summed E-state index contributed by atoms with van der Waals surface area (Å²) < 4.78 is 10.2. The Kier molecular flexibility index (Phi) is 4.61. The highest BCUT2D eigenvalue weighted by Gasteiger charge is 2.19. The number of nitroso groups, excluding NO2 is 1. The van der Waals surface area contributed by atoms with Crippen molar-refractivity contribution < 1.29 is 14.6 Å². The number of methoxy groups -OCH3 is 1. The zero-order chi connectivity index (χ0) is 14.5. The molecule has 1 aliphatic rings. The Hall–Kier alpha value is -2.04. The van der Waals surface area contributed by atoms with Gasteiger partial charge in [0.15, 0.2) is 11.5 Å². The molecule has 1 aromatic carbocycles. The average Bonchev–Trinajstić information content (AvgIpc) is 3.26. The second kappa shape index (κ2) is 6.41. The summed E-state index contributed by atoms with van der Waals surface area (Å²) in [6.07, 6.45) is 4.26. The van der Waals surface area contributed by atoms with Crippen LogP contribution in [0.25, 0.3) is 0 Å². The average molecular weight is 277 g/mol. The van der Waals surface area contributed by atoms with Gasteiger partial charge in [0.2, 0.25) is 0 Å². The molecule has 0 spiro atoms. The molecule has 108 valence electrons. The molecule has 5 heteroatoms. The zero-order valence-electron chi connectivity index (χ0n) is 11.8. The Morgan fingerprint density at radius 3 is 2.75 bits per heavy atom. The van der Waals surface area contributed by atoms with E-state index in [0.29, 0.717) is 31.4 Å². The molecule has 1 aliphatic heterocycles. The van der Waals surface area contributed by atoms with Crippen LogP contribution in [-0.2, 0) is 17.6 Å². The molecule has 0 saturated carbocycles. The fourth-order valence-corrected chi connectivity index (χ4v) is 2.22. The highest BCUT2D eigenvalue weighted by Crippen LogP contribution is 2.35. The van der Waals surface area contributed by atoms with Gasteiger partial charge >= 0.3 is 0 Å². The molecule has 0 aliphatic carbocycles. The fraction of sp³-hybridized carbons (Fsp3) is 0.467. The maximum atomic E-state index is 10.7. The third-order valence-electron chi connectivity index (χ3n) is 3.56. The molecule has 20 heavy (non-hydrogen) atoms. The molecule has 1 atom stereocenters. The summed E-state index contributed by atoms with van der Waals surface area (Å²) in [7, 11) is 1.52. The third kappa shape index (κ3) is 3.29. The molecule has 0 saturated heterocycles. The predicted octanol–water partition coefficient (Wildman–Crippen LogP) is 3.29. The topological polar surface area (TPSA) is 71.4 Å². The lowest BCUT2D eigenvalue weighted by atomic mass is 9.96. The molecule has 5 nitrogen and oxygen atoms in total. The van der Waals surface area contributed by atoms with Gasteiger partial charge in [-0.15, -0.1) is 0 Å². The van der Waals surface area contributed by atoms with Gasteiger partial charge in [-0.3, -0.25) is 0 Å². The lowest BCUT2D eigenvalue weighted by Gasteiger charge is -2.14. The van der Waals surface area contributed by atoms with Crippen molar-refractivity contribution in [2.24, 2.45) is 5.18 Å². The van der Waals surface area contributed by atoms with E-state index in [2.05, 4.69) is 5.18 Å². The van der Waals surface area contributed by atoms with Gasteiger partial charge in [0.25, 0.3) is 0 Å². The molecule has 1 aromatic rings. The zero-order valence-corrected chi connectivity index (χ0v) is 11.8. The van der Waals surface area contributed by atoms with E-state index in [9.17, 15) is 10.0 Å². The fourth-order valence-electron chi connectivity index (χ4n) is 2.22. The van der Waals surface area contributed by atoms with Crippen LogP contribution < -0.4 is 4.74 Å². The van der Waals surface area contributed by atoms with Gasteiger partial charge in [-0.2, -0.15) is 4.91 Å². The van der Waals surface area contributed by atoms with Crippen LogP contribution in [0, 0.1) is 4.91 Å². The first kappa shape index (κ1) is 14.4.